The molecule has 0 rings (SSSR count). The zero-order chi connectivity index (χ0) is 10.6. The van der Waals surface area contributed by atoms with Crippen LogP contribution in [-0.4, -0.2) is 22.4 Å². The van der Waals surface area contributed by atoms with Crippen LogP contribution in [0.4, 0.5) is 0 Å². The third-order valence-corrected chi connectivity index (χ3v) is 2.64. The van der Waals surface area contributed by atoms with E-state index in [0.717, 1.165) is 5.57 Å². The van der Waals surface area contributed by atoms with Crippen LogP contribution in [0.25, 0.3) is 0 Å². The first-order valence-electron chi connectivity index (χ1n) is 4.90. The molecule has 0 aromatic rings. The van der Waals surface area contributed by atoms with Gasteiger partial charge in [0, 0.05) is 5.92 Å². The Hall–Kier alpha value is -0.340. The average Bonchev–Trinajstić information content (AvgIpc) is 2.12. The number of hydrogen-bond donors (Lipinski definition) is 2. The normalized spacial score (nSPS) is 20.2. The van der Waals surface area contributed by atoms with Crippen LogP contribution in [0, 0.1) is 11.8 Å². The highest BCUT2D eigenvalue weighted by Crippen LogP contribution is 2.20. The van der Waals surface area contributed by atoms with Crippen LogP contribution < -0.4 is 0 Å². The van der Waals surface area contributed by atoms with Crippen molar-refractivity contribution >= 4 is 0 Å². The quantitative estimate of drug-likeness (QED) is 0.659. The topological polar surface area (TPSA) is 40.5 Å². The van der Waals surface area contributed by atoms with Gasteiger partial charge in [-0.3, -0.25) is 0 Å². The smallest absolute Gasteiger partial charge is 0.0797 e. The molecule has 0 aromatic carbocycles. The average molecular weight is 186 g/mol. The van der Waals surface area contributed by atoms with Crippen molar-refractivity contribution in [2.45, 2.75) is 46.8 Å². The fourth-order valence-corrected chi connectivity index (χ4v) is 1.38. The molecule has 0 aliphatic rings. The molecule has 0 aliphatic heterocycles. The molecule has 0 aliphatic carbocycles. The first-order valence-corrected chi connectivity index (χ1v) is 4.90. The summed E-state index contributed by atoms with van der Waals surface area (Å²) in [6, 6.07) is 0. The van der Waals surface area contributed by atoms with Crippen LogP contribution in [0.1, 0.15) is 34.6 Å². The molecular formula is C11H22O2. The van der Waals surface area contributed by atoms with E-state index in [2.05, 4.69) is 0 Å². The Kier molecular flexibility index (Phi) is 5.26. The van der Waals surface area contributed by atoms with Gasteiger partial charge in [-0.15, -0.1) is 0 Å². The minimum atomic E-state index is -0.526. The van der Waals surface area contributed by atoms with E-state index in [0.29, 0.717) is 0 Å². The van der Waals surface area contributed by atoms with Crippen LogP contribution in [0.3, 0.4) is 0 Å². The first kappa shape index (κ1) is 12.7. The van der Waals surface area contributed by atoms with Gasteiger partial charge < -0.3 is 10.2 Å². The van der Waals surface area contributed by atoms with E-state index in [4.69, 9.17) is 0 Å². The van der Waals surface area contributed by atoms with E-state index in [1.807, 2.05) is 40.7 Å². The Morgan fingerprint density at radius 3 is 1.92 bits per heavy atom. The fraction of sp³-hybridized carbons (Fsp3) is 0.818. The molecule has 0 saturated heterocycles. The predicted molar refractivity (Wildman–Crippen MR) is 55.4 cm³/mol. The van der Waals surface area contributed by atoms with Crippen molar-refractivity contribution < 1.29 is 10.2 Å². The van der Waals surface area contributed by atoms with Crippen molar-refractivity contribution in [2.75, 3.05) is 0 Å². The Bertz CT molecular complexity index is 173. The van der Waals surface area contributed by atoms with Gasteiger partial charge in [0.05, 0.1) is 12.2 Å². The van der Waals surface area contributed by atoms with E-state index in [-0.39, 0.29) is 11.8 Å². The summed E-state index contributed by atoms with van der Waals surface area (Å²) in [6.45, 7) is 9.57. The van der Waals surface area contributed by atoms with Gasteiger partial charge in [0.15, 0.2) is 0 Å². The third-order valence-electron chi connectivity index (χ3n) is 2.64. The van der Waals surface area contributed by atoms with Gasteiger partial charge in [0.2, 0.25) is 0 Å². The molecule has 0 heterocycles. The lowest BCUT2D eigenvalue weighted by Gasteiger charge is -2.27. The zero-order valence-electron chi connectivity index (χ0n) is 9.28. The molecular weight excluding hydrogens is 164 g/mol. The van der Waals surface area contributed by atoms with Crippen LogP contribution in [0.2, 0.25) is 0 Å². The number of allylic oxidation sites excluding steroid dienone is 1. The van der Waals surface area contributed by atoms with Gasteiger partial charge in [-0.1, -0.05) is 26.8 Å². The van der Waals surface area contributed by atoms with Crippen molar-refractivity contribution in [2.24, 2.45) is 11.8 Å². The van der Waals surface area contributed by atoms with Crippen molar-refractivity contribution in [1.29, 1.82) is 0 Å². The molecule has 0 radical (unpaired) electrons. The molecule has 0 amide bonds. The largest absolute Gasteiger partial charge is 0.392 e. The first-order chi connectivity index (χ1) is 5.91. The number of aliphatic hydroxyl groups is 2. The van der Waals surface area contributed by atoms with Crippen LogP contribution in [0.15, 0.2) is 11.6 Å². The number of hydrogen-bond acceptors (Lipinski definition) is 2. The molecule has 0 spiro atoms. The van der Waals surface area contributed by atoms with Crippen LogP contribution in [-0.2, 0) is 0 Å². The minimum absolute atomic E-state index is 0.101. The molecule has 0 bridgehead atoms. The van der Waals surface area contributed by atoms with Crippen LogP contribution >= 0.6 is 0 Å². The fourth-order valence-electron chi connectivity index (χ4n) is 1.38. The summed E-state index contributed by atoms with van der Waals surface area (Å²) in [6.07, 6.45) is 0.918. The van der Waals surface area contributed by atoms with Crippen molar-refractivity contribution in [3.05, 3.63) is 11.6 Å². The summed E-state index contributed by atoms with van der Waals surface area (Å²) in [7, 11) is 0. The second-order valence-electron chi connectivity index (χ2n) is 4.07. The third kappa shape index (κ3) is 3.49. The highest BCUT2D eigenvalue weighted by Gasteiger charge is 2.25. The predicted octanol–water partition coefficient (Wildman–Crippen LogP) is 1.97. The molecule has 3 atom stereocenters. The monoisotopic (exact) mass is 186 g/mol. The lowest BCUT2D eigenvalue weighted by Crippen LogP contribution is -2.33. The van der Waals surface area contributed by atoms with Crippen molar-refractivity contribution in [1.82, 2.24) is 0 Å². The maximum absolute atomic E-state index is 9.78. The van der Waals surface area contributed by atoms with E-state index in [1.54, 1.807) is 0 Å². The highest BCUT2D eigenvalue weighted by atomic mass is 16.3. The van der Waals surface area contributed by atoms with Gasteiger partial charge in [0.1, 0.15) is 0 Å². The second kappa shape index (κ2) is 5.40. The van der Waals surface area contributed by atoms with E-state index in [1.165, 1.54) is 0 Å². The Balaban J connectivity index is 4.33. The summed E-state index contributed by atoms with van der Waals surface area (Å²) >= 11 is 0. The van der Waals surface area contributed by atoms with Gasteiger partial charge in [-0.05, 0) is 25.3 Å². The Labute approximate surface area is 81.3 Å². The summed E-state index contributed by atoms with van der Waals surface area (Å²) in [5.74, 6) is 0.0884. The van der Waals surface area contributed by atoms with Gasteiger partial charge in [-0.25, -0.2) is 0 Å². The van der Waals surface area contributed by atoms with Crippen molar-refractivity contribution in [3.63, 3.8) is 0 Å². The van der Waals surface area contributed by atoms with Gasteiger partial charge in [-0.2, -0.15) is 0 Å². The zero-order valence-corrected chi connectivity index (χ0v) is 9.28. The summed E-state index contributed by atoms with van der Waals surface area (Å²) in [4.78, 5) is 0. The molecule has 0 unspecified atom stereocenters. The molecule has 0 fully saturated rings. The van der Waals surface area contributed by atoms with Gasteiger partial charge in [0.25, 0.3) is 0 Å². The number of aliphatic hydroxyl groups excluding tert-OH is 2. The van der Waals surface area contributed by atoms with E-state index < -0.39 is 12.2 Å². The lowest BCUT2D eigenvalue weighted by molar-refractivity contribution is 0.0127. The van der Waals surface area contributed by atoms with Crippen molar-refractivity contribution in [3.8, 4) is 0 Å². The SMILES string of the molecule is CC=C(C)[C@H](O)[C@@H](C)[C@@H](O)C(C)C. The molecule has 0 aromatic heterocycles. The molecule has 2 heteroatoms. The lowest BCUT2D eigenvalue weighted by atomic mass is 9.87. The van der Waals surface area contributed by atoms with Gasteiger partial charge >= 0.3 is 0 Å². The Morgan fingerprint density at radius 2 is 1.62 bits per heavy atom. The Morgan fingerprint density at radius 1 is 1.15 bits per heavy atom. The molecule has 2 N–H and O–H groups in total. The second-order valence-corrected chi connectivity index (χ2v) is 4.07. The summed E-state index contributed by atoms with van der Waals surface area (Å²) in [5, 5.41) is 19.5. The molecule has 0 saturated carbocycles. The maximum atomic E-state index is 9.78. The summed E-state index contributed by atoms with van der Waals surface area (Å²) < 4.78 is 0. The molecule has 13 heavy (non-hydrogen) atoms. The summed E-state index contributed by atoms with van der Waals surface area (Å²) in [5.41, 5.74) is 0.923. The highest BCUT2D eigenvalue weighted by molar-refractivity contribution is 5.05. The standard InChI is InChI=1S/C11H22O2/c1-6-8(4)11(13)9(5)10(12)7(2)3/h6-7,9-13H,1-5H3/t9-,10-,11-/m0/s1. The van der Waals surface area contributed by atoms with E-state index in [9.17, 15) is 10.2 Å². The van der Waals surface area contributed by atoms with Crippen LogP contribution in [0.5, 0.6) is 0 Å². The maximum Gasteiger partial charge on any atom is 0.0797 e. The minimum Gasteiger partial charge on any atom is -0.392 e. The number of rotatable bonds is 4. The van der Waals surface area contributed by atoms with E-state index >= 15 is 0 Å². The molecule has 2 nitrogen and oxygen atoms in total. The molecule has 78 valence electrons.